The van der Waals surface area contributed by atoms with Crippen molar-refractivity contribution in [1.29, 1.82) is 0 Å². The molecule has 1 saturated heterocycles. The van der Waals surface area contributed by atoms with Crippen LogP contribution in [0.4, 0.5) is 0 Å². The molecule has 3 aromatic heterocycles. The van der Waals surface area contributed by atoms with Crippen molar-refractivity contribution in [2.75, 3.05) is 6.54 Å². The van der Waals surface area contributed by atoms with Crippen molar-refractivity contribution < 1.29 is 4.52 Å². The van der Waals surface area contributed by atoms with E-state index in [1.54, 1.807) is 29.2 Å². The lowest BCUT2D eigenvalue weighted by Gasteiger charge is -2.24. The Morgan fingerprint density at radius 1 is 1.11 bits per heavy atom. The van der Waals surface area contributed by atoms with Crippen molar-refractivity contribution in [3.8, 4) is 11.3 Å². The van der Waals surface area contributed by atoms with Gasteiger partial charge < -0.3 is 4.52 Å². The van der Waals surface area contributed by atoms with Gasteiger partial charge in [-0.15, -0.1) is 0 Å². The van der Waals surface area contributed by atoms with Gasteiger partial charge in [0, 0.05) is 48.6 Å². The lowest BCUT2D eigenvalue weighted by molar-refractivity contribution is 0.210. The van der Waals surface area contributed by atoms with Crippen molar-refractivity contribution in [1.82, 2.24) is 24.8 Å². The van der Waals surface area contributed by atoms with Crippen LogP contribution < -0.4 is 5.56 Å². The molecule has 144 valence electrons. The highest BCUT2D eigenvalue weighted by Crippen LogP contribution is 2.28. The molecule has 7 nitrogen and oxygen atoms in total. The first-order valence-corrected chi connectivity index (χ1v) is 9.97. The Hall–Kier alpha value is -2.80. The third-order valence-corrected chi connectivity index (χ3v) is 5.86. The predicted molar refractivity (Wildman–Crippen MR) is 104 cm³/mol. The van der Waals surface area contributed by atoms with Crippen LogP contribution in [0, 0.1) is 0 Å². The fourth-order valence-electron chi connectivity index (χ4n) is 4.37. The summed E-state index contributed by atoms with van der Waals surface area (Å²) < 4.78 is 7.11. The van der Waals surface area contributed by atoms with Gasteiger partial charge in [0.05, 0.1) is 12.2 Å². The summed E-state index contributed by atoms with van der Waals surface area (Å²) in [5.74, 6) is 1.06. The van der Waals surface area contributed by atoms with Gasteiger partial charge in [-0.1, -0.05) is 5.16 Å². The van der Waals surface area contributed by atoms with E-state index in [2.05, 4.69) is 20.1 Å². The van der Waals surface area contributed by atoms with Crippen LogP contribution in [0.25, 0.3) is 11.3 Å². The molecular weight excluding hydrogens is 354 g/mol. The van der Waals surface area contributed by atoms with Gasteiger partial charge in [-0.05, 0) is 50.4 Å². The number of likely N-dealkylation sites (tertiary alicyclic amines) is 1. The smallest absolute Gasteiger partial charge is 0.266 e. The van der Waals surface area contributed by atoms with Crippen molar-refractivity contribution in [2.24, 2.45) is 0 Å². The second-order valence-electron chi connectivity index (χ2n) is 7.63. The van der Waals surface area contributed by atoms with Crippen molar-refractivity contribution in [2.45, 2.75) is 51.2 Å². The highest BCUT2D eigenvalue weighted by Gasteiger charge is 2.29. The summed E-state index contributed by atoms with van der Waals surface area (Å²) in [5, 5.41) is 8.92. The standard InChI is InChI=1S/C21H23N5O2/c27-21-7-6-18(15-8-10-22-11-9-15)23-26(21)13-16-3-2-12-25(16)14-19-17-4-1-5-20(17)28-24-19/h6-11,16H,1-5,12-14H2. The fourth-order valence-corrected chi connectivity index (χ4v) is 4.37. The van der Waals surface area contributed by atoms with Crippen molar-refractivity contribution >= 4 is 0 Å². The highest BCUT2D eigenvalue weighted by molar-refractivity contribution is 5.56. The minimum Gasteiger partial charge on any atom is -0.361 e. The van der Waals surface area contributed by atoms with Crippen LogP contribution in [0.15, 0.2) is 46.0 Å². The summed E-state index contributed by atoms with van der Waals surface area (Å²) >= 11 is 0. The van der Waals surface area contributed by atoms with Crippen LogP contribution in [0.2, 0.25) is 0 Å². The van der Waals surface area contributed by atoms with E-state index in [9.17, 15) is 4.79 Å². The summed E-state index contributed by atoms with van der Waals surface area (Å²) in [4.78, 5) is 18.9. The molecule has 0 saturated carbocycles. The minimum atomic E-state index is -0.0630. The van der Waals surface area contributed by atoms with Crippen LogP contribution in [0.1, 0.15) is 36.3 Å². The molecule has 7 heteroatoms. The number of fused-ring (bicyclic) bond motifs is 1. The van der Waals surface area contributed by atoms with E-state index in [1.807, 2.05) is 12.1 Å². The van der Waals surface area contributed by atoms with Gasteiger partial charge in [-0.25, -0.2) is 4.68 Å². The largest absolute Gasteiger partial charge is 0.361 e. The first kappa shape index (κ1) is 17.3. The Balaban J connectivity index is 1.35. The lowest BCUT2D eigenvalue weighted by atomic mass is 10.1. The normalized spacial score (nSPS) is 19.2. The SMILES string of the molecule is O=c1ccc(-c2ccncc2)nn1CC1CCCN1Cc1noc2c1CCC2. The molecule has 28 heavy (non-hydrogen) atoms. The van der Waals surface area contributed by atoms with Gasteiger partial charge in [0.2, 0.25) is 0 Å². The van der Waals surface area contributed by atoms with E-state index in [0.29, 0.717) is 6.54 Å². The molecular formula is C21H23N5O2. The zero-order valence-corrected chi connectivity index (χ0v) is 15.8. The fraction of sp³-hybridized carbons (Fsp3) is 0.429. The summed E-state index contributed by atoms with van der Waals surface area (Å²) in [5.41, 5.74) is 4.07. The van der Waals surface area contributed by atoms with Crippen LogP contribution in [0.5, 0.6) is 0 Å². The van der Waals surface area contributed by atoms with Crippen LogP contribution in [0.3, 0.4) is 0 Å². The number of hydrogen-bond donors (Lipinski definition) is 0. The maximum atomic E-state index is 12.4. The second kappa shape index (κ2) is 7.31. The molecule has 0 bridgehead atoms. The van der Waals surface area contributed by atoms with Crippen LogP contribution in [-0.2, 0) is 25.9 Å². The van der Waals surface area contributed by atoms with E-state index in [0.717, 1.165) is 67.9 Å². The summed E-state index contributed by atoms with van der Waals surface area (Å²) in [6.45, 7) is 2.41. The van der Waals surface area contributed by atoms with Gasteiger partial charge in [-0.2, -0.15) is 5.10 Å². The van der Waals surface area contributed by atoms with E-state index >= 15 is 0 Å². The maximum absolute atomic E-state index is 12.4. The minimum absolute atomic E-state index is 0.0630. The molecule has 0 spiro atoms. The number of pyridine rings is 1. The highest BCUT2D eigenvalue weighted by atomic mass is 16.5. The van der Waals surface area contributed by atoms with Gasteiger partial charge >= 0.3 is 0 Å². The van der Waals surface area contributed by atoms with Gasteiger partial charge in [0.25, 0.3) is 5.56 Å². The summed E-state index contributed by atoms with van der Waals surface area (Å²) in [6, 6.07) is 7.48. The molecule has 0 aromatic carbocycles. The number of hydrogen-bond acceptors (Lipinski definition) is 6. The molecule has 0 amide bonds. The third-order valence-electron chi connectivity index (χ3n) is 5.86. The van der Waals surface area contributed by atoms with E-state index in [4.69, 9.17) is 4.52 Å². The number of aromatic nitrogens is 4. The Labute approximate surface area is 163 Å². The van der Waals surface area contributed by atoms with Crippen LogP contribution >= 0.6 is 0 Å². The Bertz CT molecular complexity index is 1030. The third kappa shape index (κ3) is 3.26. The summed E-state index contributed by atoms with van der Waals surface area (Å²) in [6.07, 6.45) is 8.91. The molecule has 1 fully saturated rings. The Kier molecular flexibility index (Phi) is 4.52. The molecule has 1 unspecified atom stereocenters. The lowest BCUT2D eigenvalue weighted by Crippen LogP contribution is -2.36. The van der Waals surface area contributed by atoms with Gasteiger partial charge in [-0.3, -0.25) is 14.7 Å². The predicted octanol–water partition coefficient (Wildman–Crippen LogP) is 2.45. The Morgan fingerprint density at radius 2 is 2.00 bits per heavy atom. The van der Waals surface area contributed by atoms with E-state index < -0.39 is 0 Å². The van der Waals surface area contributed by atoms with Crippen LogP contribution in [-0.4, -0.2) is 37.4 Å². The molecule has 1 atom stereocenters. The number of nitrogens with zero attached hydrogens (tertiary/aromatic N) is 5. The van der Waals surface area contributed by atoms with Gasteiger partial charge in [0.1, 0.15) is 11.5 Å². The molecule has 1 aliphatic heterocycles. The molecule has 1 aliphatic carbocycles. The molecule has 0 radical (unpaired) electrons. The van der Waals surface area contributed by atoms with Gasteiger partial charge in [0.15, 0.2) is 0 Å². The maximum Gasteiger partial charge on any atom is 0.266 e. The quantitative estimate of drug-likeness (QED) is 0.680. The first-order chi connectivity index (χ1) is 13.8. The van der Waals surface area contributed by atoms with Crippen molar-refractivity contribution in [3.05, 3.63) is 64.0 Å². The van der Waals surface area contributed by atoms with Crippen molar-refractivity contribution in [3.63, 3.8) is 0 Å². The van der Waals surface area contributed by atoms with E-state index in [-0.39, 0.29) is 11.6 Å². The number of aryl methyl sites for hydroxylation is 1. The molecule has 0 N–H and O–H groups in total. The zero-order valence-electron chi connectivity index (χ0n) is 15.8. The molecule has 3 aromatic rings. The summed E-state index contributed by atoms with van der Waals surface area (Å²) in [7, 11) is 0. The molecule has 4 heterocycles. The average Bonchev–Trinajstić information content (AvgIpc) is 3.44. The zero-order chi connectivity index (χ0) is 18.9. The first-order valence-electron chi connectivity index (χ1n) is 9.97. The molecule has 2 aliphatic rings. The topological polar surface area (TPSA) is 77.1 Å². The average molecular weight is 377 g/mol. The number of rotatable bonds is 5. The monoisotopic (exact) mass is 377 g/mol. The molecule has 5 rings (SSSR count). The second-order valence-corrected chi connectivity index (χ2v) is 7.63. The van der Waals surface area contributed by atoms with E-state index in [1.165, 1.54) is 5.56 Å². The Morgan fingerprint density at radius 3 is 2.89 bits per heavy atom.